The van der Waals surface area contributed by atoms with Gasteiger partial charge >= 0.3 is 0 Å². The summed E-state index contributed by atoms with van der Waals surface area (Å²) in [6.45, 7) is 0. The molecule has 2 heterocycles. The fraction of sp³-hybridized carbons (Fsp3) is 0.273. The van der Waals surface area contributed by atoms with Gasteiger partial charge in [0, 0.05) is 22.9 Å². The third-order valence-corrected chi connectivity index (χ3v) is 6.90. The standard InChI is InChI=1S/C22H19ClN2O4S/c1-28-18-8-3-13(9-19(18)29-2)16-10-20(26)25-21(17(16)11-24)30-12-22(25,27)14-4-6-15(23)7-5-14/h3-9,16,27H,10,12H2,1-2H3/t16-,22+/m0/s1. The van der Waals surface area contributed by atoms with Gasteiger partial charge < -0.3 is 14.6 Å². The third-order valence-electron chi connectivity index (χ3n) is 5.43. The summed E-state index contributed by atoms with van der Waals surface area (Å²) in [7, 11) is 3.09. The zero-order chi connectivity index (χ0) is 21.5. The Labute approximate surface area is 183 Å². The highest BCUT2D eigenvalue weighted by Gasteiger charge is 2.51. The number of carbonyl (C=O) groups is 1. The van der Waals surface area contributed by atoms with E-state index < -0.39 is 11.6 Å². The van der Waals surface area contributed by atoms with Gasteiger partial charge in [0.1, 0.15) is 0 Å². The minimum atomic E-state index is -1.52. The molecule has 0 aromatic heterocycles. The van der Waals surface area contributed by atoms with E-state index >= 15 is 0 Å². The Kier molecular flexibility index (Phi) is 5.41. The number of allylic oxidation sites excluding steroid dienone is 1. The van der Waals surface area contributed by atoms with Crippen LogP contribution in [-0.4, -0.2) is 35.9 Å². The molecule has 1 N–H and O–H groups in total. The van der Waals surface area contributed by atoms with Crippen LogP contribution in [0.5, 0.6) is 11.5 Å². The number of amides is 1. The molecule has 2 aromatic carbocycles. The first-order chi connectivity index (χ1) is 14.4. The van der Waals surface area contributed by atoms with E-state index in [2.05, 4.69) is 6.07 Å². The second-order valence-electron chi connectivity index (χ2n) is 7.04. The molecule has 30 heavy (non-hydrogen) atoms. The molecule has 0 bridgehead atoms. The van der Waals surface area contributed by atoms with Gasteiger partial charge in [0.2, 0.25) is 5.91 Å². The summed E-state index contributed by atoms with van der Waals surface area (Å²) in [6, 6.07) is 14.4. The summed E-state index contributed by atoms with van der Waals surface area (Å²) in [6.07, 6.45) is 0.0678. The van der Waals surface area contributed by atoms with E-state index in [9.17, 15) is 15.2 Å². The predicted molar refractivity (Wildman–Crippen MR) is 114 cm³/mol. The van der Waals surface area contributed by atoms with Gasteiger partial charge in [0.25, 0.3) is 0 Å². The summed E-state index contributed by atoms with van der Waals surface area (Å²) in [5.41, 5.74) is 0.278. The van der Waals surface area contributed by atoms with Crippen LogP contribution in [0.1, 0.15) is 23.5 Å². The van der Waals surface area contributed by atoms with Crippen LogP contribution in [0.25, 0.3) is 0 Å². The number of hydrogen-bond acceptors (Lipinski definition) is 6. The molecular formula is C22H19ClN2O4S. The third kappa shape index (κ3) is 3.21. The molecule has 1 saturated heterocycles. The Hall–Kier alpha value is -2.66. The highest BCUT2D eigenvalue weighted by Crippen LogP contribution is 2.52. The molecule has 2 aliphatic rings. The number of nitrogens with zero attached hydrogens (tertiary/aromatic N) is 2. The van der Waals surface area contributed by atoms with Crippen LogP contribution >= 0.6 is 23.4 Å². The molecule has 4 rings (SSSR count). The average Bonchev–Trinajstić information content (AvgIpc) is 3.12. The fourth-order valence-electron chi connectivity index (χ4n) is 3.91. The second kappa shape index (κ2) is 7.88. The lowest BCUT2D eigenvalue weighted by Crippen LogP contribution is -2.48. The number of fused-ring (bicyclic) bond motifs is 1. The van der Waals surface area contributed by atoms with Gasteiger partial charge in [-0.3, -0.25) is 9.69 Å². The zero-order valence-corrected chi connectivity index (χ0v) is 18.0. The maximum Gasteiger partial charge on any atom is 0.231 e. The summed E-state index contributed by atoms with van der Waals surface area (Å²) >= 11 is 7.28. The van der Waals surface area contributed by atoms with Gasteiger partial charge in [-0.25, -0.2) is 0 Å². The average molecular weight is 443 g/mol. The zero-order valence-electron chi connectivity index (χ0n) is 16.4. The van der Waals surface area contributed by atoms with Crippen LogP contribution in [0.4, 0.5) is 0 Å². The molecule has 1 fully saturated rings. The van der Waals surface area contributed by atoms with E-state index in [1.165, 1.54) is 23.8 Å². The number of aliphatic hydroxyl groups is 1. The highest BCUT2D eigenvalue weighted by molar-refractivity contribution is 8.03. The lowest BCUT2D eigenvalue weighted by atomic mass is 9.85. The molecule has 6 nitrogen and oxygen atoms in total. The van der Waals surface area contributed by atoms with Crippen molar-refractivity contribution in [2.45, 2.75) is 18.1 Å². The number of rotatable bonds is 4. The van der Waals surface area contributed by atoms with Crippen molar-refractivity contribution in [2.75, 3.05) is 20.0 Å². The number of halogens is 1. The first-order valence-corrected chi connectivity index (χ1v) is 10.6. The molecular weight excluding hydrogens is 424 g/mol. The van der Waals surface area contributed by atoms with Crippen LogP contribution in [-0.2, 0) is 10.5 Å². The quantitative estimate of drug-likeness (QED) is 0.770. The molecule has 0 spiro atoms. The van der Waals surface area contributed by atoms with Gasteiger partial charge in [-0.2, -0.15) is 5.26 Å². The highest BCUT2D eigenvalue weighted by atomic mass is 35.5. The van der Waals surface area contributed by atoms with Gasteiger partial charge in [0.05, 0.1) is 36.6 Å². The molecule has 1 amide bonds. The molecule has 0 saturated carbocycles. The van der Waals surface area contributed by atoms with Gasteiger partial charge in [-0.05, 0) is 29.8 Å². The normalized spacial score (nSPS) is 23.2. The van der Waals surface area contributed by atoms with Crippen molar-refractivity contribution in [1.29, 1.82) is 5.26 Å². The molecule has 2 atom stereocenters. The van der Waals surface area contributed by atoms with Crippen LogP contribution in [0.3, 0.4) is 0 Å². The Morgan fingerprint density at radius 2 is 1.90 bits per heavy atom. The molecule has 0 radical (unpaired) electrons. The Morgan fingerprint density at radius 1 is 1.20 bits per heavy atom. The topological polar surface area (TPSA) is 82.8 Å². The Bertz CT molecular complexity index is 1080. The number of carbonyl (C=O) groups excluding carboxylic acids is 1. The molecule has 0 unspecified atom stereocenters. The van der Waals surface area contributed by atoms with Crippen LogP contribution in [0.15, 0.2) is 53.1 Å². The Balaban J connectivity index is 1.78. The first-order valence-electron chi connectivity index (χ1n) is 9.23. The van der Waals surface area contributed by atoms with E-state index in [0.29, 0.717) is 32.7 Å². The lowest BCUT2D eigenvalue weighted by Gasteiger charge is -2.38. The summed E-state index contributed by atoms with van der Waals surface area (Å²) in [4.78, 5) is 14.5. The summed E-state index contributed by atoms with van der Waals surface area (Å²) in [5, 5.41) is 22.4. The summed E-state index contributed by atoms with van der Waals surface area (Å²) in [5.74, 6) is 0.673. The smallest absolute Gasteiger partial charge is 0.231 e. The van der Waals surface area contributed by atoms with Crippen molar-refractivity contribution in [3.8, 4) is 17.6 Å². The second-order valence-corrected chi connectivity index (χ2v) is 8.44. The largest absolute Gasteiger partial charge is 0.493 e. The van der Waals surface area contributed by atoms with E-state index in [1.807, 2.05) is 6.07 Å². The van der Waals surface area contributed by atoms with Crippen molar-refractivity contribution >= 4 is 29.3 Å². The minimum absolute atomic E-state index is 0.0678. The minimum Gasteiger partial charge on any atom is -0.493 e. The number of benzene rings is 2. The number of hydrogen-bond donors (Lipinski definition) is 1. The summed E-state index contributed by atoms with van der Waals surface area (Å²) < 4.78 is 10.7. The molecule has 0 aliphatic carbocycles. The monoisotopic (exact) mass is 442 g/mol. The van der Waals surface area contributed by atoms with Gasteiger partial charge in [-0.15, -0.1) is 11.8 Å². The van der Waals surface area contributed by atoms with Crippen molar-refractivity contribution in [1.82, 2.24) is 4.90 Å². The van der Waals surface area contributed by atoms with Crippen molar-refractivity contribution in [3.05, 3.63) is 69.2 Å². The number of methoxy groups -OCH3 is 2. The van der Waals surface area contributed by atoms with Gasteiger partial charge in [0.15, 0.2) is 17.2 Å². The van der Waals surface area contributed by atoms with E-state index in [-0.39, 0.29) is 18.1 Å². The molecule has 154 valence electrons. The number of nitriles is 1. The molecule has 8 heteroatoms. The predicted octanol–water partition coefficient (Wildman–Crippen LogP) is 4.00. The fourth-order valence-corrected chi connectivity index (χ4v) is 5.39. The van der Waals surface area contributed by atoms with Crippen molar-refractivity contribution < 1.29 is 19.4 Å². The van der Waals surface area contributed by atoms with Crippen LogP contribution in [0.2, 0.25) is 5.02 Å². The van der Waals surface area contributed by atoms with E-state index in [4.69, 9.17) is 21.1 Å². The number of ether oxygens (including phenoxy) is 2. The van der Waals surface area contributed by atoms with Gasteiger partial charge in [-0.1, -0.05) is 29.8 Å². The van der Waals surface area contributed by atoms with E-state index in [1.54, 1.807) is 43.5 Å². The van der Waals surface area contributed by atoms with Crippen molar-refractivity contribution in [3.63, 3.8) is 0 Å². The maximum atomic E-state index is 13.2. The number of thioether (sulfide) groups is 1. The SMILES string of the molecule is COc1ccc([C@@H]2CC(=O)N3C(=C2C#N)SC[C@@]3(O)c2ccc(Cl)cc2)cc1OC. The Morgan fingerprint density at radius 3 is 2.53 bits per heavy atom. The van der Waals surface area contributed by atoms with E-state index in [0.717, 1.165) is 5.56 Å². The maximum absolute atomic E-state index is 13.2. The molecule has 2 aromatic rings. The first kappa shape index (κ1) is 20.6. The van der Waals surface area contributed by atoms with Crippen molar-refractivity contribution in [2.24, 2.45) is 0 Å². The molecule has 2 aliphatic heterocycles. The lowest BCUT2D eigenvalue weighted by molar-refractivity contribution is -0.149. The van der Waals surface area contributed by atoms with Crippen LogP contribution < -0.4 is 9.47 Å². The van der Waals surface area contributed by atoms with Crippen LogP contribution in [0, 0.1) is 11.3 Å².